The average molecular weight is 420 g/mol. The first kappa shape index (κ1) is 20.0. The van der Waals surface area contributed by atoms with Crippen molar-refractivity contribution in [2.45, 2.75) is 13.3 Å². The van der Waals surface area contributed by atoms with Crippen LogP contribution in [0.15, 0.2) is 41.1 Å². The molecule has 0 aliphatic heterocycles. The molecule has 0 bridgehead atoms. The van der Waals surface area contributed by atoms with Crippen LogP contribution in [0.1, 0.15) is 16.2 Å². The van der Waals surface area contributed by atoms with E-state index in [-0.39, 0.29) is 29.1 Å². The summed E-state index contributed by atoms with van der Waals surface area (Å²) in [5.41, 5.74) is 0.965. The third kappa shape index (κ3) is 6.17. The van der Waals surface area contributed by atoms with Gasteiger partial charge in [-0.05, 0) is 24.6 Å². The van der Waals surface area contributed by atoms with Crippen LogP contribution >= 0.6 is 23.1 Å². The van der Waals surface area contributed by atoms with E-state index < -0.39 is 0 Å². The van der Waals surface area contributed by atoms with Crippen molar-refractivity contribution in [3.8, 4) is 0 Å². The van der Waals surface area contributed by atoms with Crippen LogP contribution in [0.4, 0.5) is 15.3 Å². The highest BCUT2D eigenvalue weighted by Gasteiger charge is 2.10. The van der Waals surface area contributed by atoms with E-state index in [1.165, 1.54) is 35.2 Å². The molecule has 1 aromatic carbocycles. The number of anilines is 2. The van der Waals surface area contributed by atoms with E-state index in [9.17, 15) is 14.0 Å². The molecule has 10 heteroatoms. The molecule has 2 aromatic heterocycles. The quantitative estimate of drug-likeness (QED) is 0.579. The zero-order chi connectivity index (χ0) is 19.9. The first-order valence-corrected chi connectivity index (χ1v) is 10.2. The smallest absolute Gasteiger partial charge is 0.236 e. The molecule has 2 N–H and O–H groups in total. The summed E-state index contributed by atoms with van der Waals surface area (Å²) in [6.45, 7) is 1.73. The lowest BCUT2D eigenvalue weighted by atomic mass is 10.1. The van der Waals surface area contributed by atoms with Gasteiger partial charge in [0.15, 0.2) is 10.9 Å². The number of nitrogens with one attached hydrogen (secondary N) is 2. The van der Waals surface area contributed by atoms with Crippen molar-refractivity contribution < 1.29 is 18.5 Å². The predicted octanol–water partition coefficient (Wildman–Crippen LogP) is 3.48. The fourth-order valence-corrected chi connectivity index (χ4v) is 3.73. The molecule has 0 atom stereocenters. The lowest BCUT2D eigenvalue weighted by Crippen LogP contribution is -2.18. The van der Waals surface area contributed by atoms with Gasteiger partial charge in [0.05, 0.1) is 11.5 Å². The molecule has 146 valence electrons. The van der Waals surface area contributed by atoms with Crippen molar-refractivity contribution in [2.24, 2.45) is 0 Å². The molecule has 3 aromatic rings. The molecule has 28 heavy (non-hydrogen) atoms. The lowest BCUT2D eigenvalue weighted by Gasteiger charge is -2.02. The van der Waals surface area contributed by atoms with Gasteiger partial charge in [0.25, 0.3) is 0 Å². The maximum atomic E-state index is 12.9. The first-order valence-electron chi connectivity index (χ1n) is 8.28. The highest BCUT2D eigenvalue weighted by Crippen LogP contribution is 2.21. The Labute approximate surface area is 168 Å². The summed E-state index contributed by atoms with van der Waals surface area (Å²) in [7, 11) is 0. The van der Waals surface area contributed by atoms with Gasteiger partial charge in [-0.25, -0.2) is 9.37 Å². The van der Waals surface area contributed by atoms with Crippen LogP contribution in [-0.4, -0.2) is 33.5 Å². The number of halogens is 1. The maximum absolute atomic E-state index is 12.9. The number of carbonyl (C=O) groups excluding carboxylic acids is 2. The number of rotatable bonds is 8. The Kier molecular flexibility index (Phi) is 6.77. The summed E-state index contributed by atoms with van der Waals surface area (Å²) in [6, 6.07) is 7.87. The Morgan fingerprint density at radius 2 is 1.89 bits per heavy atom. The minimum atomic E-state index is -0.275. The van der Waals surface area contributed by atoms with Gasteiger partial charge in [-0.3, -0.25) is 9.59 Å². The summed E-state index contributed by atoms with van der Waals surface area (Å²) in [5.74, 6) is 0.419. The molecule has 0 spiro atoms. The molecule has 2 amide bonds. The minimum Gasteiger partial charge on any atom is -0.360 e. The van der Waals surface area contributed by atoms with Gasteiger partial charge < -0.3 is 15.2 Å². The number of nitrogens with zero attached hydrogens (tertiary/aromatic N) is 2. The van der Waals surface area contributed by atoms with Crippen molar-refractivity contribution in [3.63, 3.8) is 0 Å². The number of hydrogen-bond donors (Lipinski definition) is 2. The third-order valence-corrected chi connectivity index (χ3v) is 5.30. The van der Waals surface area contributed by atoms with Crippen molar-refractivity contribution in [2.75, 3.05) is 22.1 Å². The molecule has 0 aliphatic rings. The zero-order valence-corrected chi connectivity index (χ0v) is 16.5. The van der Waals surface area contributed by atoms with E-state index in [0.29, 0.717) is 23.1 Å². The second kappa shape index (κ2) is 9.47. The summed E-state index contributed by atoms with van der Waals surface area (Å²) in [4.78, 5) is 28.9. The Hall–Kier alpha value is -2.72. The number of thioether (sulfide) groups is 1. The molecular formula is C18H17FN4O3S2. The normalized spacial score (nSPS) is 10.6. The molecule has 0 radical (unpaired) electrons. The number of benzene rings is 1. The summed E-state index contributed by atoms with van der Waals surface area (Å²) < 4.78 is 17.8. The fourth-order valence-electron chi connectivity index (χ4n) is 2.25. The molecule has 0 saturated heterocycles. The van der Waals surface area contributed by atoms with Gasteiger partial charge in [-0.2, -0.15) is 0 Å². The highest BCUT2D eigenvalue weighted by atomic mass is 32.2. The lowest BCUT2D eigenvalue weighted by molar-refractivity contribution is -0.114. The second-order valence-corrected chi connectivity index (χ2v) is 7.95. The molecule has 7 nitrogen and oxygen atoms in total. The number of aromatic nitrogens is 2. The molecule has 2 heterocycles. The van der Waals surface area contributed by atoms with Crippen LogP contribution in [0.2, 0.25) is 0 Å². The fraction of sp³-hybridized carbons (Fsp3) is 0.222. The molecule has 0 saturated carbocycles. The number of carbonyl (C=O) groups is 2. The SMILES string of the molecule is Cc1cc(NC(=O)CSCC(=O)Nc2ncc(Cc3ccc(F)cc3)s2)no1. The monoisotopic (exact) mass is 420 g/mol. The van der Waals surface area contributed by atoms with E-state index in [1.807, 2.05) is 0 Å². The van der Waals surface area contributed by atoms with Crippen molar-refractivity contribution in [1.29, 1.82) is 0 Å². The minimum absolute atomic E-state index is 0.118. The van der Waals surface area contributed by atoms with E-state index in [2.05, 4.69) is 20.8 Å². The number of hydrogen-bond acceptors (Lipinski definition) is 7. The van der Waals surface area contributed by atoms with Crippen molar-refractivity contribution >= 4 is 45.9 Å². The van der Waals surface area contributed by atoms with Crippen LogP contribution < -0.4 is 10.6 Å². The van der Waals surface area contributed by atoms with Gasteiger partial charge in [-0.15, -0.1) is 23.1 Å². The molecule has 0 fully saturated rings. The van der Waals surface area contributed by atoms with E-state index in [4.69, 9.17) is 4.52 Å². The van der Waals surface area contributed by atoms with Crippen LogP contribution in [0.5, 0.6) is 0 Å². The van der Waals surface area contributed by atoms with Crippen molar-refractivity contribution in [1.82, 2.24) is 10.1 Å². The summed E-state index contributed by atoms with van der Waals surface area (Å²) >= 11 is 2.54. The Morgan fingerprint density at radius 1 is 1.18 bits per heavy atom. The molecular weight excluding hydrogens is 403 g/mol. The number of aryl methyl sites for hydroxylation is 1. The van der Waals surface area contributed by atoms with E-state index in [1.54, 1.807) is 31.3 Å². The zero-order valence-electron chi connectivity index (χ0n) is 14.9. The number of thiazole rings is 1. The Morgan fingerprint density at radius 3 is 2.57 bits per heavy atom. The van der Waals surface area contributed by atoms with Gasteiger partial charge in [-0.1, -0.05) is 17.3 Å². The second-order valence-electron chi connectivity index (χ2n) is 5.85. The number of amides is 2. The maximum Gasteiger partial charge on any atom is 0.236 e. The average Bonchev–Trinajstić information content (AvgIpc) is 3.25. The summed E-state index contributed by atoms with van der Waals surface area (Å²) in [5, 5.41) is 9.46. The van der Waals surface area contributed by atoms with Crippen LogP contribution in [0.25, 0.3) is 0 Å². The van der Waals surface area contributed by atoms with E-state index in [0.717, 1.165) is 10.4 Å². The van der Waals surface area contributed by atoms with Crippen LogP contribution in [-0.2, 0) is 16.0 Å². The van der Waals surface area contributed by atoms with Crippen LogP contribution in [0.3, 0.4) is 0 Å². The molecule has 3 rings (SSSR count). The molecule has 0 unspecified atom stereocenters. The highest BCUT2D eigenvalue weighted by molar-refractivity contribution is 8.00. The van der Waals surface area contributed by atoms with Gasteiger partial charge >= 0.3 is 0 Å². The topological polar surface area (TPSA) is 97.1 Å². The summed E-state index contributed by atoms with van der Waals surface area (Å²) in [6.07, 6.45) is 2.30. The van der Waals surface area contributed by atoms with Gasteiger partial charge in [0.1, 0.15) is 11.6 Å². The van der Waals surface area contributed by atoms with Gasteiger partial charge in [0, 0.05) is 23.6 Å². The largest absolute Gasteiger partial charge is 0.360 e. The van der Waals surface area contributed by atoms with Crippen molar-refractivity contribution in [3.05, 3.63) is 58.5 Å². The first-order chi connectivity index (χ1) is 13.5. The van der Waals surface area contributed by atoms with Crippen LogP contribution in [0, 0.1) is 12.7 Å². The van der Waals surface area contributed by atoms with E-state index >= 15 is 0 Å². The third-order valence-electron chi connectivity index (χ3n) is 3.45. The molecule has 0 aliphatic carbocycles. The predicted molar refractivity (Wildman–Crippen MR) is 107 cm³/mol. The Balaban J connectivity index is 1.39. The standard InChI is InChI=1S/C18H17FN4O3S2/c1-11-6-15(23-26-11)21-16(24)9-27-10-17(25)22-18-20-8-14(28-18)7-12-2-4-13(19)5-3-12/h2-6,8H,7,9-10H2,1H3,(H,20,22,25)(H,21,23,24). The van der Waals surface area contributed by atoms with Gasteiger partial charge in [0.2, 0.25) is 11.8 Å². The Bertz CT molecular complexity index is 956.